The van der Waals surface area contributed by atoms with Gasteiger partial charge < -0.3 is 0 Å². The zero-order valence-electron chi connectivity index (χ0n) is 7.73. The van der Waals surface area contributed by atoms with E-state index in [2.05, 4.69) is 34.1 Å². The van der Waals surface area contributed by atoms with Crippen molar-refractivity contribution in [3.63, 3.8) is 0 Å². The van der Waals surface area contributed by atoms with Crippen molar-refractivity contribution in [3.8, 4) is 22.8 Å². The molecule has 0 aliphatic carbocycles. The van der Waals surface area contributed by atoms with E-state index in [1.54, 1.807) is 0 Å². The van der Waals surface area contributed by atoms with Gasteiger partial charge in [-0.2, -0.15) is 0 Å². The van der Waals surface area contributed by atoms with Crippen LogP contribution in [-0.4, -0.2) is 67.4 Å². The van der Waals surface area contributed by atoms with Crippen molar-refractivity contribution in [3.05, 3.63) is 24.3 Å². The van der Waals surface area contributed by atoms with E-state index < -0.39 is 0 Å². The molecule has 8 heteroatoms. The molecule has 3 aromatic rings. The molecule has 0 unspecified atom stereocenters. The van der Waals surface area contributed by atoms with Gasteiger partial charge >= 0.3 is 114 Å². The van der Waals surface area contributed by atoms with Crippen molar-refractivity contribution in [2.45, 2.75) is 0 Å². The third-order valence-corrected chi connectivity index (χ3v) is 9.00. The zero-order valence-corrected chi connectivity index (χ0v) is 14.6. The van der Waals surface area contributed by atoms with Crippen LogP contribution in [-0.2, 0) is 0 Å². The van der Waals surface area contributed by atoms with E-state index in [1.165, 1.54) is 0 Å². The molecule has 0 amide bonds. The summed E-state index contributed by atoms with van der Waals surface area (Å²) in [7, 11) is 0. The molecule has 0 spiro atoms. The van der Waals surface area contributed by atoms with Crippen molar-refractivity contribution in [2.24, 2.45) is 0 Å². The second kappa shape index (κ2) is 5.26. The maximum absolute atomic E-state index is 4.45. The minimum atomic E-state index is 0.375. The first-order valence-electron chi connectivity index (χ1n) is 4.28. The van der Waals surface area contributed by atoms with E-state index >= 15 is 0 Å². The van der Waals surface area contributed by atoms with Gasteiger partial charge in [0.15, 0.2) is 0 Å². The fourth-order valence-electron chi connectivity index (χ4n) is 1.25. The summed E-state index contributed by atoms with van der Waals surface area (Å²) in [6, 6.07) is 8.28. The summed E-state index contributed by atoms with van der Waals surface area (Å²) in [6.07, 6.45) is 0. The fraction of sp³-hybridized carbons (Fsp3) is 0. The first kappa shape index (κ1) is 11.3. The predicted molar refractivity (Wildman–Crippen MR) is 65.1 cm³/mol. The van der Waals surface area contributed by atoms with Crippen molar-refractivity contribution >= 4 is 51.4 Å². The van der Waals surface area contributed by atoms with Crippen LogP contribution in [0.1, 0.15) is 0 Å². The molecule has 0 aliphatic heterocycles. The van der Waals surface area contributed by atoms with Gasteiger partial charge in [-0.3, -0.25) is 0 Å². The molecule has 0 radical (unpaired) electrons. The molecule has 0 bridgehead atoms. The second-order valence-corrected chi connectivity index (χ2v) is 12.2. The van der Waals surface area contributed by atoms with E-state index in [9.17, 15) is 0 Å². The average Bonchev–Trinajstić information content (AvgIpc) is 3.03. The second-order valence-electron chi connectivity index (χ2n) is 2.89. The summed E-state index contributed by atoms with van der Waals surface area (Å²) in [5.41, 5.74) is 2.23. The molecule has 0 N–H and O–H groups in total. The first-order chi connectivity index (χ1) is 7.93. The van der Waals surface area contributed by atoms with Crippen LogP contribution in [0.15, 0.2) is 24.3 Å². The molecule has 2 heterocycles. The van der Waals surface area contributed by atoms with Crippen LogP contribution in [0.4, 0.5) is 0 Å². The summed E-state index contributed by atoms with van der Waals surface area (Å²) in [6.45, 7) is 0. The van der Waals surface area contributed by atoms with Crippen LogP contribution < -0.4 is 0 Å². The van der Waals surface area contributed by atoms with E-state index in [4.69, 9.17) is 0 Å². The van der Waals surface area contributed by atoms with Crippen molar-refractivity contribution in [1.29, 1.82) is 0 Å². The summed E-state index contributed by atoms with van der Waals surface area (Å²) in [4.78, 5) is 0. The van der Waals surface area contributed by atoms with Crippen LogP contribution in [0.3, 0.4) is 0 Å². The molecule has 0 saturated heterocycles. The molecule has 4 nitrogen and oxygen atoms in total. The summed E-state index contributed by atoms with van der Waals surface area (Å²) in [5.74, 6) is 1.85. The number of nitrogens with zero attached hydrogens (tertiary/aromatic N) is 4. The Balaban J connectivity index is 2.07. The Bertz CT molecular complexity index is 528. The number of hydrogen-bond acceptors (Lipinski definition) is 4. The molecule has 0 aliphatic rings. The third kappa shape index (κ3) is 2.40. The SMILES string of the molecule is c1cc(-c2n[se][se+]n2)cc(-c2n[se][se+]n2)c1. The van der Waals surface area contributed by atoms with Crippen LogP contribution in [0.25, 0.3) is 22.8 Å². The van der Waals surface area contributed by atoms with E-state index in [0.29, 0.717) is 51.4 Å². The molecule has 16 heavy (non-hydrogen) atoms. The van der Waals surface area contributed by atoms with Crippen molar-refractivity contribution in [2.75, 3.05) is 0 Å². The Morgan fingerprint density at radius 1 is 0.875 bits per heavy atom. The Hall–Kier alpha value is 0.238. The molecule has 78 valence electrons. The summed E-state index contributed by atoms with van der Waals surface area (Å²) in [5, 5.41) is 0. The van der Waals surface area contributed by atoms with Crippen molar-refractivity contribution in [1.82, 2.24) is 15.9 Å². The van der Waals surface area contributed by atoms with Gasteiger partial charge in [-0.15, -0.1) is 0 Å². The quantitative estimate of drug-likeness (QED) is 0.468. The standard InChI is InChI=1S/C8H4N4Se4/c1-2-5(7-9-13-14-10-7)4-6(3-1)8-11-15-16-12-8/h1-4H/q+2. The normalized spacial score (nSPS) is 10.5. The Kier molecular flexibility index (Phi) is 3.73. The number of rotatable bonds is 2. The van der Waals surface area contributed by atoms with Crippen LogP contribution in [0.5, 0.6) is 0 Å². The maximum atomic E-state index is 4.45. The zero-order chi connectivity index (χ0) is 10.8. The average molecular weight is 472 g/mol. The third-order valence-electron chi connectivity index (χ3n) is 1.94. The van der Waals surface area contributed by atoms with Gasteiger partial charge in [0.05, 0.1) is 0 Å². The number of aromatic nitrogens is 4. The molecule has 3 rings (SSSR count). The number of hydrogen-bond donors (Lipinski definition) is 0. The predicted octanol–water partition coefficient (Wildman–Crippen LogP) is -0.609. The molecule has 0 atom stereocenters. The molecular formula is C8H4N4Se4+2. The first-order valence-corrected chi connectivity index (χ1v) is 16.0. The monoisotopic (exact) mass is 476 g/mol. The van der Waals surface area contributed by atoms with Crippen LogP contribution in [0, 0.1) is 0 Å². The molecule has 0 saturated carbocycles. The Morgan fingerprint density at radius 2 is 1.44 bits per heavy atom. The summed E-state index contributed by atoms with van der Waals surface area (Å²) < 4.78 is 17.8. The fourth-order valence-corrected chi connectivity index (χ4v) is 8.41. The van der Waals surface area contributed by atoms with E-state index in [1.807, 2.05) is 6.07 Å². The van der Waals surface area contributed by atoms with E-state index in [-0.39, 0.29) is 0 Å². The van der Waals surface area contributed by atoms with Gasteiger partial charge in [0.25, 0.3) is 0 Å². The Labute approximate surface area is 113 Å². The van der Waals surface area contributed by atoms with Crippen LogP contribution >= 0.6 is 0 Å². The van der Waals surface area contributed by atoms with Crippen LogP contribution in [0.2, 0.25) is 0 Å². The van der Waals surface area contributed by atoms with Gasteiger partial charge in [-0.25, -0.2) is 0 Å². The topological polar surface area (TPSA) is 51.6 Å². The van der Waals surface area contributed by atoms with Gasteiger partial charge in [0.2, 0.25) is 0 Å². The molecule has 0 fully saturated rings. The van der Waals surface area contributed by atoms with Gasteiger partial charge in [-0.05, 0) is 0 Å². The molecular weight excluding hydrogens is 468 g/mol. The Morgan fingerprint density at radius 3 is 1.88 bits per heavy atom. The van der Waals surface area contributed by atoms with Gasteiger partial charge in [0.1, 0.15) is 0 Å². The van der Waals surface area contributed by atoms with Crippen molar-refractivity contribution < 1.29 is 0 Å². The van der Waals surface area contributed by atoms with E-state index in [0.717, 1.165) is 22.8 Å². The molecule has 1 aromatic carbocycles. The summed E-state index contributed by atoms with van der Waals surface area (Å²) >= 11 is 1.50. The minimum absolute atomic E-state index is 0.375. The van der Waals surface area contributed by atoms with Gasteiger partial charge in [0, 0.05) is 0 Å². The number of benzene rings is 1. The van der Waals surface area contributed by atoms with Gasteiger partial charge in [-0.1, -0.05) is 0 Å². The molecule has 2 aromatic heterocycles.